The lowest BCUT2D eigenvalue weighted by Gasteiger charge is -2.18. The zero-order valence-electron chi connectivity index (χ0n) is 18.0. The molecule has 164 valence electrons. The topological polar surface area (TPSA) is 88.7 Å². The minimum Gasteiger partial charge on any atom is -0.497 e. The summed E-state index contributed by atoms with van der Waals surface area (Å²) in [5.41, 5.74) is 8.88. The van der Waals surface area contributed by atoms with Gasteiger partial charge in [-0.1, -0.05) is 42.5 Å². The summed E-state index contributed by atoms with van der Waals surface area (Å²) in [5.74, 6) is 1.48. The summed E-state index contributed by atoms with van der Waals surface area (Å²) >= 11 is 0. The van der Waals surface area contributed by atoms with Gasteiger partial charge in [0.25, 0.3) is 0 Å². The summed E-state index contributed by atoms with van der Waals surface area (Å²) in [6.07, 6.45) is 2.41. The van der Waals surface area contributed by atoms with Gasteiger partial charge in [-0.2, -0.15) is 4.98 Å². The average Bonchev–Trinajstić information content (AvgIpc) is 2.80. The Hall–Kier alpha value is -3.16. The van der Waals surface area contributed by atoms with Crippen LogP contribution < -0.4 is 15.2 Å². The van der Waals surface area contributed by atoms with Crippen LogP contribution in [0.2, 0.25) is 0 Å². The first-order valence-electron chi connectivity index (χ1n) is 10.2. The number of aryl methyl sites for hydroxylation is 1. The smallest absolute Gasteiger partial charge is 0.223 e. The highest BCUT2D eigenvalue weighted by molar-refractivity contribution is 5.29. The van der Waals surface area contributed by atoms with Crippen LogP contribution in [0.15, 0.2) is 60.7 Å². The fourth-order valence-corrected chi connectivity index (χ4v) is 3.21. The fourth-order valence-electron chi connectivity index (χ4n) is 3.21. The highest BCUT2D eigenvalue weighted by atomic mass is 16.7. The molecule has 1 atom stereocenters. The SMILES string of the molecule is COCOC(CCCc1cc(OCc2ccc(OC)cc2)nc(N)n1)c1ccccc1. The van der Waals surface area contributed by atoms with Crippen LogP contribution in [0.4, 0.5) is 5.95 Å². The van der Waals surface area contributed by atoms with E-state index < -0.39 is 0 Å². The number of hydrogen-bond acceptors (Lipinski definition) is 7. The number of anilines is 1. The van der Waals surface area contributed by atoms with E-state index in [-0.39, 0.29) is 18.8 Å². The third-order valence-corrected chi connectivity index (χ3v) is 4.78. The van der Waals surface area contributed by atoms with E-state index in [2.05, 4.69) is 22.1 Å². The monoisotopic (exact) mass is 423 g/mol. The Morgan fingerprint density at radius 2 is 1.74 bits per heavy atom. The molecule has 1 unspecified atom stereocenters. The molecule has 2 aromatic carbocycles. The van der Waals surface area contributed by atoms with E-state index in [1.165, 1.54) is 0 Å². The van der Waals surface area contributed by atoms with Gasteiger partial charge in [0.05, 0.1) is 13.2 Å². The Bertz CT molecular complexity index is 920. The van der Waals surface area contributed by atoms with Crippen LogP contribution in [0.25, 0.3) is 0 Å². The Kier molecular flexibility index (Phi) is 8.63. The highest BCUT2D eigenvalue weighted by Gasteiger charge is 2.12. The largest absolute Gasteiger partial charge is 0.497 e. The van der Waals surface area contributed by atoms with Crippen molar-refractivity contribution in [3.63, 3.8) is 0 Å². The van der Waals surface area contributed by atoms with E-state index in [4.69, 9.17) is 24.7 Å². The summed E-state index contributed by atoms with van der Waals surface area (Å²) in [6, 6.07) is 19.7. The molecule has 3 rings (SSSR count). The number of rotatable bonds is 12. The van der Waals surface area contributed by atoms with E-state index in [1.807, 2.05) is 48.5 Å². The standard InChI is InChI=1S/C24H29N3O4/c1-28-17-31-22(19-7-4-3-5-8-19)10-6-9-20-15-23(27-24(25)26-20)30-16-18-11-13-21(29-2)14-12-18/h3-5,7-8,11-15,22H,6,9-10,16-17H2,1-2H3,(H2,25,26,27). The first kappa shape index (κ1) is 22.5. The third-order valence-electron chi connectivity index (χ3n) is 4.78. The number of benzene rings is 2. The number of nitrogens with zero attached hydrogens (tertiary/aromatic N) is 2. The van der Waals surface area contributed by atoms with Crippen molar-refractivity contribution >= 4 is 5.95 Å². The maximum absolute atomic E-state index is 5.89. The molecule has 0 bridgehead atoms. The fraction of sp³-hybridized carbons (Fsp3) is 0.333. The summed E-state index contributed by atoms with van der Waals surface area (Å²) in [4.78, 5) is 8.54. The molecule has 0 aliphatic carbocycles. The maximum atomic E-state index is 5.89. The van der Waals surface area contributed by atoms with E-state index in [9.17, 15) is 0 Å². The number of nitrogen functional groups attached to an aromatic ring is 1. The first-order valence-corrected chi connectivity index (χ1v) is 10.2. The van der Waals surface area contributed by atoms with Crippen LogP contribution in [0.3, 0.4) is 0 Å². The minimum absolute atomic E-state index is 0.0360. The molecule has 31 heavy (non-hydrogen) atoms. The zero-order valence-corrected chi connectivity index (χ0v) is 18.0. The average molecular weight is 424 g/mol. The number of nitrogens with two attached hydrogens (primary N) is 1. The predicted molar refractivity (Wildman–Crippen MR) is 119 cm³/mol. The number of aromatic nitrogens is 2. The van der Waals surface area contributed by atoms with E-state index >= 15 is 0 Å². The molecule has 2 N–H and O–H groups in total. The molecule has 7 nitrogen and oxygen atoms in total. The quantitative estimate of drug-likeness (QED) is 0.434. The molecule has 3 aromatic rings. The second kappa shape index (κ2) is 11.9. The lowest BCUT2D eigenvalue weighted by atomic mass is 10.0. The van der Waals surface area contributed by atoms with Crippen LogP contribution in [0.5, 0.6) is 11.6 Å². The Balaban J connectivity index is 1.56. The molecular weight excluding hydrogens is 394 g/mol. The van der Waals surface area contributed by atoms with Crippen LogP contribution in [0.1, 0.15) is 35.8 Å². The van der Waals surface area contributed by atoms with Crippen molar-refractivity contribution in [1.29, 1.82) is 0 Å². The molecule has 1 aromatic heterocycles. The molecule has 1 heterocycles. The van der Waals surface area contributed by atoms with Crippen LogP contribution in [0, 0.1) is 0 Å². The van der Waals surface area contributed by atoms with Gasteiger partial charge in [-0.3, -0.25) is 0 Å². The van der Waals surface area contributed by atoms with E-state index in [0.717, 1.165) is 41.8 Å². The highest BCUT2D eigenvalue weighted by Crippen LogP contribution is 2.24. The molecule has 0 saturated heterocycles. The van der Waals surface area contributed by atoms with Crippen molar-refractivity contribution in [2.75, 3.05) is 26.7 Å². The molecule has 0 saturated carbocycles. The maximum Gasteiger partial charge on any atom is 0.223 e. The van der Waals surface area contributed by atoms with Crippen molar-refractivity contribution in [2.45, 2.75) is 32.0 Å². The summed E-state index contributed by atoms with van der Waals surface area (Å²) in [7, 11) is 3.27. The first-order chi connectivity index (χ1) is 15.2. The lowest BCUT2D eigenvalue weighted by molar-refractivity contribution is -0.0763. The van der Waals surface area contributed by atoms with Gasteiger partial charge in [-0.05, 0) is 42.5 Å². The van der Waals surface area contributed by atoms with Gasteiger partial charge in [-0.15, -0.1) is 0 Å². The Morgan fingerprint density at radius 3 is 2.45 bits per heavy atom. The molecule has 0 spiro atoms. The molecule has 0 aliphatic heterocycles. The van der Waals surface area contributed by atoms with Gasteiger partial charge in [0, 0.05) is 18.9 Å². The van der Waals surface area contributed by atoms with Crippen LogP contribution in [-0.2, 0) is 22.5 Å². The second-order valence-corrected chi connectivity index (χ2v) is 7.06. The Labute approximate surface area is 183 Å². The molecule has 0 aliphatic rings. The van der Waals surface area contributed by atoms with Crippen molar-refractivity contribution in [3.05, 3.63) is 77.5 Å². The number of hydrogen-bond donors (Lipinski definition) is 1. The summed E-state index contributed by atoms with van der Waals surface area (Å²) in [6.45, 7) is 0.643. The van der Waals surface area contributed by atoms with Gasteiger partial charge < -0.3 is 24.7 Å². The molecule has 0 amide bonds. The second-order valence-electron chi connectivity index (χ2n) is 7.06. The van der Waals surface area contributed by atoms with E-state index in [1.54, 1.807) is 14.2 Å². The van der Waals surface area contributed by atoms with E-state index in [0.29, 0.717) is 12.5 Å². The molecule has 0 radical (unpaired) electrons. The third kappa shape index (κ3) is 7.24. The van der Waals surface area contributed by atoms with Crippen LogP contribution in [-0.4, -0.2) is 31.0 Å². The molecule has 7 heteroatoms. The van der Waals surface area contributed by atoms with Gasteiger partial charge in [0.2, 0.25) is 11.8 Å². The van der Waals surface area contributed by atoms with Gasteiger partial charge in [0.1, 0.15) is 19.1 Å². The number of methoxy groups -OCH3 is 2. The van der Waals surface area contributed by atoms with Gasteiger partial charge in [-0.25, -0.2) is 4.98 Å². The van der Waals surface area contributed by atoms with Gasteiger partial charge in [0.15, 0.2) is 0 Å². The molecular formula is C24H29N3O4. The minimum atomic E-state index is -0.0360. The van der Waals surface area contributed by atoms with Gasteiger partial charge >= 0.3 is 0 Å². The summed E-state index contributed by atoms with van der Waals surface area (Å²) in [5, 5.41) is 0. The zero-order chi connectivity index (χ0) is 21.9. The molecule has 0 fully saturated rings. The Morgan fingerprint density at radius 1 is 0.968 bits per heavy atom. The normalized spacial score (nSPS) is 11.8. The summed E-state index contributed by atoms with van der Waals surface area (Å²) < 4.78 is 21.9. The lowest BCUT2D eigenvalue weighted by Crippen LogP contribution is -2.08. The van der Waals surface area contributed by atoms with Crippen molar-refractivity contribution in [1.82, 2.24) is 9.97 Å². The number of ether oxygens (including phenoxy) is 4. The predicted octanol–water partition coefficient (Wildman–Crippen LogP) is 4.33. The van der Waals surface area contributed by atoms with Crippen molar-refractivity contribution in [3.8, 4) is 11.6 Å². The van der Waals surface area contributed by atoms with Crippen LogP contribution >= 0.6 is 0 Å². The van der Waals surface area contributed by atoms with Crippen molar-refractivity contribution < 1.29 is 18.9 Å². The van der Waals surface area contributed by atoms with Crippen molar-refractivity contribution in [2.24, 2.45) is 0 Å².